The Bertz CT molecular complexity index is 324. The maximum Gasteiger partial charge on any atom is 0.126 e. The van der Waals surface area contributed by atoms with Gasteiger partial charge in [-0.25, -0.2) is 0 Å². The van der Waals surface area contributed by atoms with Gasteiger partial charge in [0.05, 0.1) is 7.11 Å². The highest BCUT2D eigenvalue weighted by Gasteiger charge is 2.01. The van der Waals surface area contributed by atoms with E-state index in [0.717, 1.165) is 16.9 Å². The van der Waals surface area contributed by atoms with Gasteiger partial charge in [-0.15, -0.1) is 0 Å². The Labute approximate surface area is 79.4 Å². The maximum absolute atomic E-state index is 5.24. The maximum atomic E-state index is 5.24. The second kappa shape index (κ2) is 4.51. The molecule has 0 radical (unpaired) electrons. The van der Waals surface area contributed by atoms with Gasteiger partial charge in [-0.2, -0.15) is 0 Å². The average Bonchev–Trinajstić information content (AvgIpc) is 2.18. The second-order valence-corrected chi connectivity index (χ2v) is 2.67. The molecule has 13 heavy (non-hydrogen) atoms. The molecule has 0 amide bonds. The monoisotopic (exact) mass is 174 g/mol. The van der Waals surface area contributed by atoms with Crippen LogP contribution in [0, 0.1) is 0 Å². The molecule has 1 nitrogen and oxygen atoms in total. The standard InChI is InChI=1S/C12H14O/c1-4-7-11-10(5-2)8-6-9-12(11)13-3/h4-9H,2H2,1,3H3/b7-4-. The number of ether oxygens (including phenoxy) is 1. The zero-order valence-corrected chi connectivity index (χ0v) is 8.08. The summed E-state index contributed by atoms with van der Waals surface area (Å²) < 4.78 is 5.24. The highest BCUT2D eigenvalue weighted by molar-refractivity contribution is 5.69. The van der Waals surface area contributed by atoms with E-state index in [4.69, 9.17) is 4.74 Å². The lowest BCUT2D eigenvalue weighted by molar-refractivity contribution is 0.414. The Hall–Kier alpha value is -1.50. The molecule has 0 atom stereocenters. The van der Waals surface area contributed by atoms with Crippen molar-refractivity contribution in [3.05, 3.63) is 42.0 Å². The third-order valence-corrected chi connectivity index (χ3v) is 1.87. The van der Waals surface area contributed by atoms with Crippen LogP contribution in [0.4, 0.5) is 0 Å². The van der Waals surface area contributed by atoms with E-state index in [9.17, 15) is 0 Å². The third-order valence-electron chi connectivity index (χ3n) is 1.87. The van der Waals surface area contributed by atoms with Crippen LogP contribution in [0.2, 0.25) is 0 Å². The zero-order valence-electron chi connectivity index (χ0n) is 8.08. The molecule has 0 aromatic heterocycles. The van der Waals surface area contributed by atoms with Crippen LogP contribution in [-0.2, 0) is 0 Å². The van der Waals surface area contributed by atoms with E-state index in [-0.39, 0.29) is 0 Å². The van der Waals surface area contributed by atoms with Gasteiger partial charge >= 0.3 is 0 Å². The summed E-state index contributed by atoms with van der Waals surface area (Å²) in [5.74, 6) is 0.885. The molecule has 0 aliphatic carbocycles. The van der Waals surface area contributed by atoms with Gasteiger partial charge in [-0.1, -0.05) is 36.9 Å². The van der Waals surface area contributed by atoms with Crippen LogP contribution >= 0.6 is 0 Å². The van der Waals surface area contributed by atoms with Crippen molar-refractivity contribution in [3.63, 3.8) is 0 Å². The quantitative estimate of drug-likeness (QED) is 0.682. The fourth-order valence-corrected chi connectivity index (χ4v) is 1.26. The van der Waals surface area contributed by atoms with E-state index >= 15 is 0 Å². The van der Waals surface area contributed by atoms with Crippen LogP contribution in [0.3, 0.4) is 0 Å². The molecule has 1 aromatic carbocycles. The summed E-state index contributed by atoms with van der Waals surface area (Å²) in [4.78, 5) is 0. The molecule has 0 saturated heterocycles. The van der Waals surface area contributed by atoms with Crippen LogP contribution in [0.1, 0.15) is 18.1 Å². The zero-order chi connectivity index (χ0) is 9.68. The molecule has 0 bridgehead atoms. The first-order valence-electron chi connectivity index (χ1n) is 4.25. The van der Waals surface area contributed by atoms with Crippen molar-refractivity contribution in [2.45, 2.75) is 6.92 Å². The molecule has 0 N–H and O–H groups in total. The summed E-state index contributed by atoms with van der Waals surface area (Å²) in [5.41, 5.74) is 2.18. The van der Waals surface area contributed by atoms with Crippen LogP contribution in [0.5, 0.6) is 5.75 Å². The second-order valence-electron chi connectivity index (χ2n) is 2.67. The van der Waals surface area contributed by atoms with E-state index in [1.165, 1.54) is 0 Å². The first-order chi connectivity index (χ1) is 6.33. The fourth-order valence-electron chi connectivity index (χ4n) is 1.26. The number of allylic oxidation sites excluding steroid dienone is 1. The lowest BCUT2D eigenvalue weighted by atomic mass is 10.1. The molecule has 1 rings (SSSR count). The van der Waals surface area contributed by atoms with Crippen molar-refractivity contribution in [1.29, 1.82) is 0 Å². The highest BCUT2D eigenvalue weighted by atomic mass is 16.5. The summed E-state index contributed by atoms with van der Waals surface area (Å²) in [6.07, 6.45) is 5.85. The van der Waals surface area contributed by atoms with Crippen molar-refractivity contribution in [1.82, 2.24) is 0 Å². The van der Waals surface area contributed by atoms with Gasteiger partial charge in [0.1, 0.15) is 5.75 Å². The smallest absolute Gasteiger partial charge is 0.126 e. The Morgan fingerprint density at radius 2 is 2.15 bits per heavy atom. The molecule has 1 aromatic rings. The van der Waals surface area contributed by atoms with Crippen molar-refractivity contribution in [2.24, 2.45) is 0 Å². The molecule has 0 spiro atoms. The lowest BCUT2D eigenvalue weighted by Crippen LogP contribution is -1.89. The number of rotatable bonds is 3. The van der Waals surface area contributed by atoms with Gasteiger partial charge in [0, 0.05) is 5.56 Å². The number of hydrogen-bond acceptors (Lipinski definition) is 1. The average molecular weight is 174 g/mol. The summed E-state index contributed by atoms with van der Waals surface area (Å²) in [5, 5.41) is 0. The number of hydrogen-bond donors (Lipinski definition) is 0. The van der Waals surface area contributed by atoms with E-state index in [2.05, 4.69) is 6.58 Å². The molecule has 0 fully saturated rings. The summed E-state index contributed by atoms with van der Waals surface area (Å²) in [6, 6.07) is 5.93. The lowest BCUT2D eigenvalue weighted by Gasteiger charge is -2.07. The fraction of sp³-hybridized carbons (Fsp3) is 0.167. The van der Waals surface area contributed by atoms with Crippen LogP contribution < -0.4 is 4.74 Å². The van der Waals surface area contributed by atoms with Gasteiger partial charge < -0.3 is 4.74 Å². The molecule has 0 saturated carbocycles. The highest BCUT2D eigenvalue weighted by Crippen LogP contribution is 2.24. The predicted molar refractivity (Wildman–Crippen MR) is 57.8 cm³/mol. The van der Waals surface area contributed by atoms with Crippen molar-refractivity contribution < 1.29 is 4.74 Å². The largest absolute Gasteiger partial charge is 0.496 e. The summed E-state index contributed by atoms with van der Waals surface area (Å²) in [7, 11) is 1.68. The van der Waals surface area contributed by atoms with Crippen LogP contribution in [-0.4, -0.2) is 7.11 Å². The van der Waals surface area contributed by atoms with Gasteiger partial charge in [0.2, 0.25) is 0 Å². The van der Waals surface area contributed by atoms with E-state index < -0.39 is 0 Å². The summed E-state index contributed by atoms with van der Waals surface area (Å²) >= 11 is 0. The Morgan fingerprint density at radius 3 is 2.69 bits per heavy atom. The number of methoxy groups -OCH3 is 1. The molecular weight excluding hydrogens is 160 g/mol. The topological polar surface area (TPSA) is 9.23 Å². The molecular formula is C12H14O. The minimum atomic E-state index is 0.885. The third kappa shape index (κ3) is 2.00. The molecule has 68 valence electrons. The minimum Gasteiger partial charge on any atom is -0.496 e. The molecule has 0 unspecified atom stereocenters. The van der Waals surface area contributed by atoms with Gasteiger partial charge in [-0.3, -0.25) is 0 Å². The van der Waals surface area contributed by atoms with E-state index in [0.29, 0.717) is 0 Å². The molecule has 0 heterocycles. The van der Waals surface area contributed by atoms with Gasteiger partial charge in [-0.05, 0) is 18.6 Å². The summed E-state index contributed by atoms with van der Waals surface area (Å²) in [6.45, 7) is 5.75. The van der Waals surface area contributed by atoms with Gasteiger partial charge in [0.15, 0.2) is 0 Å². The normalized spacial score (nSPS) is 10.3. The molecule has 1 heteroatoms. The Morgan fingerprint density at radius 1 is 1.38 bits per heavy atom. The van der Waals surface area contributed by atoms with E-state index in [1.54, 1.807) is 7.11 Å². The predicted octanol–water partition coefficient (Wildman–Crippen LogP) is 3.37. The van der Waals surface area contributed by atoms with Gasteiger partial charge in [0.25, 0.3) is 0 Å². The SMILES string of the molecule is C=Cc1cccc(OC)c1/C=C\C. The Balaban J connectivity index is 3.28. The van der Waals surface area contributed by atoms with Crippen LogP contribution in [0.15, 0.2) is 30.9 Å². The first-order valence-corrected chi connectivity index (χ1v) is 4.25. The first kappa shape index (κ1) is 9.59. The van der Waals surface area contributed by atoms with Crippen molar-refractivity contribution in [3.8, 4) is 5.75 Å². The minimum absolute atomic E-state index is 0.885. The Kier molecular flexibility index (Phi) is 3.32. The van der Waals surface area contributed by atoms with Crippen molar-refractivity contribution in [2.75, 3.05) is 7.11 Å². The van der Waals surface area contributed by atoms with Crippen molar-refractivity contribution >= 4 is 12.2 Å². The number of benzene rings is 1. The van der Waals surface area contributed by atoms with E-state index in [1.807, 2.05) is 43.4 Å². The molecule has 0 aliphatic heterocycles. The molecule has 0 aliphatic rings. The van der Waals surface area contributed by atoms with Crippen LogP contribution in [0.25, 0.3) is 12.2 Å².